The number of hydrogen-bond donors (Lipinski definition) is 1. The van der Waals surface area contributed by atoms with Gasteiger partial charge in [0.1, 0.15) is 0 Å². The maximum atomic E-state index is 12.3. The van der Waals surface area contributed by atoms with Gasteiger partial charge in [0.2, 0.25) is 5.91 Å². The minimum absolute atomic E-state index is 0.00980. The van der Waals surface area contributed by atoms with E-state index in [9.17, 15) is 9.59 Å². The Morgan fingerprint density at radius 2 is 1.79 bits per heavy atom. The largest absolute Gasteiger partial charge is 0.450 e. The molecule has 2 fully saturated rings. The summed E-state index contributed by atoms with van der Waals surface area (Å²) in [6.45, 7) is 4.44. The maximum Gasteiger partial charge on any atom is 0.409 e. The lowest BCUT2D eigenvalue weighted by Crippen LogP contribution is -2.53. The first-order valence-corrected chi connectivity index (χ1v) is 7.09. The van der Waals surface area contributed by atoms with Crippen LogP contribution in [-0.2, 0) is 9.53 Å². The zero-order valence-electron chi connectivity index (χ0n) is 11.5. The van der Waals surface area contributed by atoms with Gasteiger partial charge in [0.15, 0.2) is 0 Å². The number of piperazine rings is 1. The Kier molecular flexibility index (Phi) is 4.63. The van der Waals surface area contributed by atoms with E-state index in [0.29, 0.717) is 32.8 Å². The number of nitrogens with zero attached hydrogens (tertiary/aromatic N) is 2. The van der Waals surface area contributed by atoms with Gasteiger partial charge < -0.3 is 20.3 Å². The minimum atomic E-state index is -0.285. The fraction of sp³-hybridized carbons (Fsp3) is 0.846. The van der Waals surface area contributed by atoms with Gasteiger partial charge in [-0.05, 0) is 19.8 Å². The molecule has 2 N–H and O–H groups in total. The smallest absolute Gasteiger partial charge is 0.409 e. The van der Waals surface area contributed by atoms with Crippen molar-refractivity contribution in [2.75, 3.05) is 32.8 Å². The Morgan fingerprint density at radius 3 is 2.32 bits per heavy atom. The first-order valence-electron chi connectivity index (χ1n) is 7.09. The Bertz CT molecular complexity index is 340. The highest BCUT2D eigenvalue weighted by Crippen LogP contribution is 2.26. The predicted molar refractivity (Wildman–Crippen MR) is 70.5 cm³/mol. The summed E-state index contributed by atoms with van der Waals surface area (Å²) in [6, 6.07) is 0.00980. The van der Waals surface area contributed by atoms with Crippen molar-refractivity contribution in [3.8, 4) is 0 Å². The molecular weight excluding hydrogens is 246 g/mol. The van der Waals surface area contributed by atoms with Crippen molar-refractivity contribution in [1.29, 1.82) is 0 Å². The zero-order chi connectivity index (χ0) is 13.8. The fourth-order valence-electron chi connectivity index (χ4n) is 2.85. The van der Waals surface area contributed by atoms with Crippen molar-refractivity contribution < 1.29 is 14.3 Å². The standard InChI is InChI=1S/C13H23N3O3/c1-2-19-13(18)16-8-6-15(7-9-16)12(17)10-4-3-5-11(10)14/h10-11H,2-9,14H2,1H3. The maximum absolute atomic E-state index is 12.3. The Labute approximate surface area is 113 Å². The molecule has 0 aromatic carbocycles. The number of nitrogens with two attached hydrogens (primary N) is 1. The van der Waals surface area contributed by atoms with E-state index in [1.165, 1.54) is 0 Å². The SMILES string of the molecule is CCOC(=O)N1CCN(C(=O)C2CCCC2N)CC1. The van der Waals surface area contributed by atoms with E-state index in [1.54, 1.807) is 11.8 Å². The molecular formula is C13H23N3O3. The lowest BCUT2D eigenvalue weighted by Gasteiger charge is -2.35. The van der Waals surface area contributed by atoms with Crippen LogP contribution >= 0.6 is 0 Å². The molecule has 0 aromatic heterocycles. The predicted octanol–water partition coefficient (Wildman–Crippen LogP) is 0.415. The van der Waals surface area contributed by atoms with Crippen LogP contribution in [0.1, 0.15) is 26.2 Å². The lowest BCUT2D eigenvalue weighted by atomic mass is 10.0. The second kappa shape index (κ2) is 6.23. The Hall–Kier alpha value is -1.30. The van der Waals surface area contributed by atoms with Crippen LogP contribution in [0, 0.1) is 5.92 Å². The average Bonchev–Trinajstić information content (AvgIpc) is 2.84. The molecule has 6 heteroatoms. The topological polar surface area (TPSA) is 75.9 Å². The van der Waals surface area contributed by atoms with E-state index in [0.717, 1.165) is 19.3 Å². The summed E-state index contributed by atoms with van der Waals surface area (Å²) in [4.78, 5) is 27.4. The van der Waals surface area contributed by atoms with Gasteiger partial charge in [-0.25, -0.2) is 4.79 Å². The first kappa shape index (κ1) is 14.1. The molecule has 1 saturated heterocycles. The summed E-state index contributed by atoms with van der Waals surface area (Å²) >= 11 is 0. The van der Waals surface area contributed by atoms with Crippen LogP contribution in [0.2, 0.25) is 0 Å². The molecule has 0 radical (unpaired) electrons. The molecule has 0 spiro atoms. The molecule has 19 heavy (non-hydrogen) atoms. The van der Waals surface area contributed by atoms with Crippen molar-refractivity contribution in [2.45, 2.75) is 32.2 Å². The van der Waals surface area contributed by atoms with E-state index in [2.05, 4.69) is 0 Å². The van der Waals surface area contributed by atoms with Crippen LogP contribution in [0.25, 0.3) is 0 Å². The highest BCUT2D eigenvalue weighted by molar-refractivity contribution is 5.80. The Balaban J connectivity index is 1.82. The second-order valence-electron chi connectivity index (χ2n) is 5.21. The second-order valence-corrected chi connectivity index (χ2v) is 5.21. The van der Waals surface area contributed by atoms with Gasteiger partial charge in [-0.3, -0.25) is 4.79 Å². The summed E-state index contributed by atoms with van der Waals surface area (Å²) in [7, 11) is 0. The van der Waals surface area contributed by atoms with Gasteiger partial charge in [0, 0.05) is 32.2 Å². The highest BCUT2D eigenvalue weighted by Gasteiger charge is 2.35. The van der Waals surface area contributed by atoms with Crippen LogP contribution in [0.3, 0.4) is 0 Å². The Morgan fingerprint density at radius 1 is 1.16 bits per heavy atom. The molecule has 0 aromatic rings. The number of hydrogen-bond acceptors (Lipinski definition) is 4. The van der Waals surface area contributed by atoms with Crippen LogP contribution in [0.5, 0.6) is 0 Å². The third kappa shape index (κ3) is 3.18. The number of ether oxygens (including phenoxy) is 1. The molecule has 2 amide bonds. The van der Waals surface area contributed by atoms with E-state index in [4.69, 9.17) is 10.5 Å². The summed E-state index contributed by atoms with van der Waals surface area (Å²) in [5.41, 5.74) is 5.97. The third-order valence-corrected chi connectivity index (χ3v) is 4.00. The van der Waals surface area contributed by atoms with E-state index >= 15 is 0 Å². The highest BCUT2D eigenvalue weighted by atomic mass is 16.6. The van der Waals surface area contributed by atoms with E-state index < -0.39 is 0 Å². The monoisotopic (exact) mass is 269 g/mol. The van der Waals surface area contributed by atoms with Crippen LogP contribution in [0.15, 0.2) is 0 Å². The average molecular weight is 269 g/mol. The van der Waals surface area contributed by atoms with Gasteiger partial charge in [-0.15, -0.1) is 0 Å². The number of rotatable bonds is 2. The summed E-state index contributed by atoms with van der Waals surface area (Å²) in [6.07, 6.45) is 2.60. The van der Waals surface area contributed by atoms with E-state index in [1.807, 2.05) is 4.90 Å². The molecule has 1 aliphatic heterocycles. The van der Waals surface area contributed by atoms with Crippen LogP contribution in [0.4, 0.5) is 4.79 Å². The molecule has 6 nitrogen and oxygen atoms in total. The van der Waals surface area contributed by atoms with Crippen LogP contribution < -0.4 is 5.73 Å². The number of carbonyl (C=O) groups excluding carboxylic acids is 2. The van der Waals surface area contributed by atoms with Crippen molar-refractivity contribution in [1.82, 2.24) is 9.80 Å². The molecule has 108 valence electrons. The van der Waals surface area contributed by atoms with Crippen molar-refractivity contribution >= 4 is 12.0 Å². The third-order valence-electron chi connectivity index (χ3n) is 4.00. The van der Waals surface area contributed by atoms with Crippen molar-refractivity contribution in [2.24, 2.45) is 11.7 Å². The van der Waals surface area contributed by atoms with Gasteiger partial charge in [-0.1, -0.05) is 6.42 Å². The van der Waals surface area contributed by atoms with Gasteiger partial charge in [0.05, 0.1) is 12.5 Å². The molecule has 2 atom stereocenters. The molecule has 2 unspecified atom stereocenters. The summed E-state index contributed by atoms with van der Waals surface area (Å²) in [5.74, 6) is 0.141. The van der Waals surface area contributed by atoms with Gasteiger partial charge in [-0.2, -0.15) is 0 Å². The fourth-order valence-corrected chi connectivity index (χ4v) is 2.85. The van der Waals surface area contributed by atoms with Gasteiger partial charge >= 0.3 is 6.09 Å². The molecule has 1 aliphatic carbocycles. The molecule has 1 saturated carbocycles. The van der Waals surface area contributed by atoms with E-state index in [-0.39, 0.29) is 24.0 Å². The normalized spacial score (nSPS) is 27.5. The zero-order valence-corrected chi connectivity index (χ0v) is 11.5. The number of amides is 2. The molecule has 2 rings (SSSR count). The van der Waals surface area contributed by atoms with Crippen LogP contribution in [-0.4, -0.2) is 60.6 Å². The van der Waals surface area contributed by atoms with Crippen molar-refractivity contribution in [3.63, 3.8) is 0 Å². The molecule has 1 heterocycles. The first-order chi connectivity index (χ1) is 9.13. The molecule has 0 bridgehead atoms. The quantitative estimate of drug-likeness (QED) is 0.788. The van der Waals surface area contributed by atoms with Crippen molar-refractivity contribution in [3.05, 3.63) is 0 Å². The lowest BCUT2D eigenvalue weighted by molar-refractivity contribution is -0.137. The summed E-state index contributed by atoms with van der Waals surface area (Å²) in [5, 5.41) is 0. The minimum Gasteiger partial charge on any atom is -0.450 e. The summed E-state index contributed by atoms with van der Waals surface area (Å²) < 4.78 is 4.96. The number of carbonyl (C=O) groups is 2. The van der Waals surface area contributed by atoms with Gasteiger partial charge in [0.25, 0.3) is 0 Å². The molecule has 2 aliphatic rings.